The monoisotopic (exact) mass is 301 g/mol. The first kappa shape index (κ1) is 15.5. The van der Waals surface area contributed by atoms with Gasteiger partial charge in [0, 0.05) is 31.0 Å². The van der Waals surface area contributed by atoms with E-state index >= 15 is 0 Å². The molecule has 114 valence electrons. The van der Waals surface area contributed by atoms with Crippen LogP contribution in [0, 0.1) is 0 Å². The highest BCUT2D eigenvalue weighted by molar-refractivity contribution is 7.89. The smallest absolute Gasteiger partial charge is 0.242 e. The highest BCUT2D eigenvalue weighted by Gasteiger charge is 2.24. The molecule has 1 unspecified atom stereocenters. The minimum atomic E-state index is -3.50. The van der Waals surface area contributed by atoms with Gasteiger partial charge in [-0.3, -0.25) is 0 Å². The Labute approximate surface area is 120 Å². The van der Waals surface area contributed by atoms with E-state index in [-0.39, 0.29) is 17.5 Å². The van der Waals surface area contributed by atoms with Crippen molar-refractivity contribution in [3.05, 3.63) is 18.0 Å². The van der Waals surface area contributed by atoms with Gasteiger partial charge < -0.3 is 14.6 Å². The van der Waals surface area contributed by atoms with Crippen molar-refractivity contribution >= 4 is 10.0 Å². The van der Waals surface area contributed by atoms with E-state index in [1.54, 1.807) is 10.8 Å². The molecule has 20 heavy (non-hydrogen) atoms. The highest BCUT2D eigenvalue weighted by atomic mass is 32.2. The first-order valence-corrected chi connectivity index (χ1v) is 8.46. The molecule has 0 spiro atoms. The molecule has 1 aromatic heterocycles. The molecule has 0 aliphatic carbocycles. The molecule has 1 saturated heterocycles. The van der Waals surface area contributed by atoms with Crippen molar-refractivity contribution in [2.75, 3.05) is 20.1 Å². The Hall–Kier alpha value is -0.890. The number of hydrogen-bond donors (Lipinski definition) is 2. The molecule has 0 aromatic carbocycles. The molecule has 1 aromatic rings. The van der Waals surface area contributed by atoms with Gasteiger partial charge in [-0.05, 0) is 39.4 Å². The van der Waals surface area contributed by atoms with Crippen molar-refractivity contribution in [1.29, 1.82) is 0 Å². The second-order valence-corrected chi connectivity index (χ2v) is 7.01. The summed E-state index contributed by atoms with van der Waals surface area (Å²) < 4.78 is 29.0. The van der Waals surface area contributed by atoms with Crippen molar-refractivity contribution in [2.24, 2.45) is 0 Å². The summed E-state index contributed by atoms with van der Waals surface area (Å²) in [6.45, 7) is 3.85. The molecule has 0 amide bonds. The van der Waals surface area contributed by atoms with E-state index in [0.717, 1.165) is 19.4 Å². The Morgan fingerprint density at radius 2 is 2.25 bits per heavy atom. The van der Waals surface area contributed by atoms with Crippen LogP contribution in [-0.2, 0) is 23.2 Å². The summed E-state index contributed by atoms with van der Waals surface area (Å²) in [5, 5.41) is 9.22. The van der Waals surface area contributed by atoms with E-state index in [0.29, 0.717) is 18.8 Å². The second kappa shape index (κ2) is 6.26. The van der Waals surface area contributed by atoms with Gasteiger partial charge >= 0.3 is 0 Å². The molecule has 2 rings (SSSR count). The molecule has 0 radical (unpaired) electrons. The fraction of sp³-hybridized carbons (Fsp3) is 0.692. The van der Waals surface area contributed by atoms with E-state index in [2.05, 4.69) is 9.62 Å². The number of likely N-dealkylation sites (N-methyl/N-ethyl adjacent to an activating group) is 1. The zero-order valence-electron chi connectivity index (χ0n) is 12.0. The molecule has 0 bridgehead atoms. The summed E-state index contributed by atoms with van der Waals surface area (Å²) in [7, 11) is -1.48. The average molecular weight is 301 g/mol. The lowest BCUT2D eigenvalue weighted by Crippen LogP contribution is -2.38. The third-order valence-electron chi connectivity index (χ3n) is 3.95. The maximum atomic E-state index is 12.3. The maximum absolute atomic E-state index is 12.3. The van der Waals surface area contributed by atoms with E-state index in [9.17, 15) is 13.5 Å². The third-order valence-corrected chi connectivity index (χ3v) is 5.34. The van der Waals surface area contributed by atoms with Gasteiger partial charge in [-0.15, -0.1) is 0 Å². The van der Waals surface area contributed by atoms with E-state index in [1.807, 2.05) is 14.0 Å². The Morgan fingerprint density at radius 1 is 1.50 bits per heavy atom. The fourth-order valence-electron chi connectivity index (χ4n) is 2.63. The number of aliphatic hydroxyl groups is 1. The quantitative estimate of drug-likeness (QED) is 0.796. The average Bonchev–Trinajstić information content (AvgIpc) is 3.02. The standard InChI is InChI=1S/C13H23N3O3S/c1-3-16-9-13(7-12(16)10-17)20(18,19)14-8-11-5-4-6-15(11)2/h7,9,11,14,17H,3-6,8,10H2,1-2H3. The first-order chi connectivity index (χ1) is 9.47. The van der Waals surface area contributed by atoms with Crippen molar-refractivity contribution in [3.63, 3.8) is 0 Å². The highest BCUT2D eigenvalue weighted by Crippen LogP contribution is 2.17. The number of hydrogen-bond acceptors (Lipinski definition) is 4. The summed E-state index contributed by atoms with van der Waals surface area (Å²) in [6.07, 6.45) is 3.72. The second-order valence-electron chi connectivity index (χ2n) is 5.24. The number of aromatic nitrogens is 1. The topological polar surface area (TPSA) is 74.6 Å². The van der Waals surface area contributed by atoms with Crippen LogP contribution in [0.4, 0.5) is 0 Å². The Bertz CT molecular complexity index is 532. The molecular weight excluding hydrogens is 278 g/mol. The molecule has 7 heteroatoms. The Morgan fingerprint density at radius 3 is 2.75 bits per heavy atom. The summed E-state index contributed by atoms with van der Waals surface area (Å²) >= 11 is 0. The van der Waals surface area contributed by atoms with Gasteiger partial charge in [0.25, 0.3) is 0 Å². The van der Waals surface area contributed by atoms with E-state index in [4.69, 9.17) is 0 Å². The molecule has 2 heterocycles. The van der Waals surface area contributed by atoms with Gasteiger partial charge in [0.05, 0.1) is 11.5 Å². The van der Waals surface area contributed by atoms with Crippen LogP contribution in [-0.4, -0.2) is 49.2 Å². The predicted molar refractivity (Wildman–Crippen MR) is 76.9 cm³/mol. The molecule has 1 aliphatic heterocycles. The number of aliphatic hydroxyl groups excluding tert-OH is 1. The van der Waals surface area contributed by atoms with Gasteiger partial charge in [0.15, 0.2) is 0 Å². The number of rotatable bonds is 6. The van der Waals surface area contributed by atoms with E-state index in [1.165, 1.54) is 6.07 Å². The fourth-order valence-corrected chi connectivity index (χ4v) is 3.76. The van der Waals surface area contributed by atoms with Crippen molar-refractivity contribution < 1.29 is 13.5 Å². The van der Waals surface area contributed by atoms with Gasteiger partial charge in [-0.1, -0.05) is 0 Å². The number of aryl methyl sites for hydroxylation is 1. The normalized spacial score (nSPS) is 20.6. The summed E-state index contributed by atoms with van der Waals surface area (Å²) in [4.78, 5) is 2.41. The third kappa shape index (κ3) is 3.22. The summed E-state index contributed by atoms with van der Waals surface area (Å²) in [5.74, 6) is 0. The van der Waals surface area contributed by atoms with Crippen LogP contribution in [0.3, 0.4) is 0 Å². The minimum Gasteiger partial charge on any atom is -0.390 e. The molecule has 1 fully saturated rings. The van der Waals surface area contributed by atoms with E-state index < -0.39 is 10.0 Å². The van der Waals surface area contributed by atoms with Crippen molar-refractivity contribution in [2.45, 2.75) is 43.9 Å². The number of nitrogens with one attached hydrogen (secondary N) is 1. The molecular formula is C13H23N3O3S. The van der Waals surface area contributed by atoms with Crippen LogP contribution in [0.1, 0.15) is 25.5 Å². The number of likely N-dealkylation sites (tertiary alicyclic amines) is 1. The summed E-state index contributed by atoms with van der Waals surface area (Å²) in [5.41, 5.74) is 0.617. The lowest BCUT2D eigenvalue weighted by atomic mass is 10.2. The van der Waals surface area contributed by atoms with Gasteiger partial charge in [-0.25, -0.2) is 13.1 Å². The Balaban J connectivity index is 2.08. The lowest BCUT2D eigenvalue weighted by Gasteiger charge is -2.19. The zero-order chi connectivity index (χ0) is 14.8. The maximum Gasteiger partial charge on any atom is 0.242 e. The Kier molecular flexibility index (Phi) is 4.85. The molecule has 1 atom stereocenters. The SMILES string of the molecule is CCn1cc(S(=O)(=O)NCC2CCCN2C)cc1CO. The minimum absolute atomic E-state index is 0.158. The van der Waals surface area contributed by atoms with Gasteiger partial charge in [0.2, 0.25) is 10.0 Å². The van der Waals surface area contributed by atoms with Crippen LogP contribution in [0.25, 0.3) is 0 Å². The number of nitrogens with zero attached hydrogens (tertiary/aromatic N) is 2. The summed E-state index contributed by atoms with van der Waals surface area (Å²) in [6, 6.07) is 1.81. The molecule has 6 nitrogen and oxygen atoms in total. The van der Waals surface area contributed by atoms with Crippen LogP contribution >= 0.6 is 0 Å². The van der Waals surface area contributed by atoms with Crippen LogP contribution in [0.2, 0.25) is 0 Å². The molecule has 2 N–H and O–H groups in total. The van der Waals surface area contributed by atoms with Crippen LogP contribution in [0.5, 0.6) is 0 Å². The van der Waals surface area contributed by atoms with Crippen LogP contribution < -0.4 is 4.72 Å². The van der Waals surface area contributed by atoms with Gasteiger partial charge in [0.1, 0.15) is 0 Å². The van der Waals surface area contributed by atoms with Crippen molar-refractivity contribution in [1.82, 2.24) is 14.2 Å². The van der Waals surface area contributed by atoms with Crippen molar-refractivity contribution in [3.8, 4) is 0 Å². The largest absolute Gasteiger partial charge is 0.390 e. The molecule has 0 saturated carbocycles. The predicted octanol–water partition coefficient (Wildman–Crippen LogP) is 0.373. The first-order valence-electron chi connectivity index (χ1n) is 6.97. The lowest BCUT2D eigenvalue weighted by molar-refractivity contribution is 0.271. The van der Waals surface area contributed by atoms with Crippen LogP contribution in [0.15, 0.2) is 17.2 Å². The zero-order valence-corrected chi connectivity index (χ0v) is 12.9. The number of sulfonamides is 1. The molecule has 1 aliphatic rings. The van der Waals surface area contributed by atoms with Gasteiger partial charge in [-0.2, -0.15) is 0 Å².